The minimum Gasteiger partial charge on any atom is -0.444 e. The van der Waals surface area contributed by atoms with Crippen LogP contribution in [0.2, 0.25) is 0 Å². The van der Waals surface area contributed by atoms with Gasteiger partial charge in [0.15, 0.2) is 5.69 Å². The van der Waals surface area contributed by atoms with E-state index in [1.54, 1.807) is 6.08 Å². The van der Waals surface area contributed by atoms with Gasteiger partial charge in [0.25, 0.3) is 5.91 Å². The highest BCUT2D eigenvalue weighted by atomic mass is 32.2. The molecule has 1 saturated carbocycles. The summed E-state index contributed by atoms with van der Waals surface area (Å²) in [6.07, 6.45) is 0.248. The number of alkyl halides is 3. The molecule has 1 aromatic carbocycles. The largest absolute Gasteiger partial charge is 0.573 e. The number of ether oxygens (including phenoxy) is 1. The number of hydrogen-bond donors (Lipinski definition) is 1. The highest BCUT2D eigenvalue weighted by Gasteiger charge is 2.32. The number of benzene rings is 1. The maximum Gasteiger partial charge on any atom is 0.573 e. The van der Waals surface area contributed by atoms with Gasteiger partial charge in [0, 0.05) is 24.7 Å². The Morgan fingerprint density at radius 1 is 1.23 bits per heavy atom. The van der Waals surface area contributed by atoms with Gasteiger partial charge in [0.1, 0.15) is 12.0 Å². The van der Waals surface area contributed by atoms with Crippen molar-refractivity contribution in [1.29, 1.82) is 0 Å². The van der Waals surface area contributed by atoms with Gasteiger partial charge in [0.2, 0.25) is 15.9 Å². The maximum absolute atomic E-state index is 12.8. The van der Waals surface area contributed by atoms with Crippen molar-refractivity contribution in [3.8, 4) is 5.75 Å². The van der Waals surface area contributed by atoms with E-state index >= 15 is 0 Å². The van der Waals surface area contributed by atoms with E-state index in [9.17, 15) is 26.4 Å². The van der Waals surface area contributed by atoms with Gasteiger partial charge >= 0.3 is 6.36 Å². The number of nitrogens with zero attached hydrogens (tertiary/aromatic N) is 2. The average Bonchev–Trinajstić information content (AvgIpc) is 3.38. The second-order valence-corrected chi connectivity index (χ2v) is 9.09. The Hall–Kier alpha value is -2.86. The summed E-state index contributed by atoms with van der Waals surface area (Å²) in [6, 6.07) is 4.22. The van der Waals surface area contributed by atoms with E-state index < -0.39 is 22.1 Å². The standard InChI is InChI=1S/C19H18F3N3O5S/c20-19(21,22)30-14-3-5-15(6-4-14)31(27,28)25-9-7-12(8-10-25)18-24-16(11-29-18)17(26)23-13-1-2-13/h3-7,11,13H,1-2,8-10H2,(H,23,26). The summed E-state index contributed by atoms with van der Waals surface area (Å²) in [5, 5.41) is 2.81. The number of aromatic nitrogens is 1. The normalized spacial score (nSPS) is 17.8. The van der Waals surface area contributed by atoms with Gasteiger partial charge in [-0.05, 0) is 43.5 Å². The number of rotatable bonds is 6. The van der Waals surface area contributed by atoms with Crippen LogP contribution in [0.5, 0.6) is 5.75 Å². The third kappa shape index (κ3) is 5.07. The lowest BCUT2D eigenvalue weighted by Crippen LogP contribution is -2.34. The number of carbonyl (C=O) groups is 1. The number of oxazole rings is 1. The van der Waals surface area contributed by atoms with Crippen molar-refractivity contribution in [2.45, 2.75) is 36.6 Å². The molecule has 0 spiro atoms. The molecule has 0 bridgehead atoms. The van der Waals surface area contributed by atoms with Crippen molar-refractivity contribution in [2.75, 3.05) is 13.1 Å². The highest BCUT2D eigenvalue weighted by Crippen LogP contribution is 2.28. The van der Waals surface area contributed by atoms with Gasteiger partial charge in [-0.1, -0.05) is 6.08 Å². The van der Waals surface area contributed by atoms with Crippen LogP contribution >= 0.6 is 0 Å². The Morgan fingerprint density at radius 2 is 1.94 bits per heavy atom. The summed E-state index contributed by atoms with van der Waals surface area (Å²) < 4.78 is 72.6. The Labute approximate surface area is 175 Å². The van der Waals surface area contributed by atoms with Gasteiger partial charge in [-0.2, -0.15) is 4.31 Å². The van der Waals surface area contributed by atoms with Crippen LogP contribution in [0, 0.1) is 0 Å². The van der Waals surface area contributed by atoms with Crippen LogP contribution in [-0.4, -0.2) is 49.1 Å². The third-order valence-corrected chi connectivity index (χ3v) is 6.67. The Kier molecular flexibility index (Phi) is 5.52. The molecule has 2 aromatic rings. The molecule has 2 aliphatic rings. The molecule has 1 aliphatic heterocycles. The molecule has 2 heterocycles. The summed E-state index contributed by atoms with van der Waals surface area (Å²) in [5.41, 5.74) is 0.838. The summed E-state index contributed by atoms with van der Waals surface area (Å²) >= 11 is 0. The number of hydrogen-bond acceptors (Lipinski definition) is 6. The molecule has 0 unspecified atom stereocenters. The molecule has 0 radical (unpaired) electrons. The van der Waals surface area contributed by atoms with Crippen LogP contribution in [0.15, 0.2) is 45.9 Å². The van der Waals surface area contributed by atoms with Crippen LogP contribution < -0.4 is 10.1 Å². The minimum atomic E-state index is -4.85. The topological polar surface area (TPSA) is 102 Å². The highest BCUT2D eigenvalue weighted by molar-refractivity contribution is 7.89. The molecule has 1 aliphatic carbocycles. The summed E-state index contributed by atoms with van der Waals surface area (Å²) in [6.45, 7) is 0.158. The maximum atomic E-state index is 12.8. The molecule has 1 amide bonds. The first-order chi connectivity index (χ1) is 14.6. The SMILES string of the molecule is O=C(NC1CC1)c1coc(C2=CCN(S(=O)(=O)c3ccc(OC(F)(F)F)cc3)CC2)n1. The van der Waals surface area contributed by atoms with Crippen molar-refractivity contribution in [3.63, 3.8) is 0 Å². The first kappa shape index (κ1) is 21.4. The second-order valence-electron chi connectivity index (χ2n) is 7.15. The Bertz CT molecular complexity index is 1110. The van der Waals surface area contributed by atoms with Crippen LogP contribution in [-0.2, 0) is 10.0 Å². The van der Waals surface area contributed by atoms with Gasteiger partial charge in [-0.15, -0.1) is 13.2 Å². The molecule has 4 rings (SSSR count). The van der Waals surface area contributed by atoms with E-state index in [-0.39, 0.29) is 41.5 Å². The van der Waals surface area contributed by atoms with Crippen molar-refractivity contribution in [1.82, 2.24) is 14.6 Å². The summed E-state index contributed by atoms with van der Waals surface area (Å²) in [4.78, 5) is 16.1. The number of sulfonamides is 1. The molecule has 0 saturated heterocycles. The number of nitrogens with one attached hydrogen (secondary N) is 1. The quantitative estimate of drug-likeness (QED) is 0.716. The number of carbonyl (C=O) groups excluding carboxylic acids is 1. The molecule has 0 atom stereocenters. The average molecular weight is 457 g/mol. The Morgan fingerprint density at radius 3 is 2.52 bits per heavy atom. The molecular formula is C19H18F3N3O5S. The smallest absolute Gasteiger partial charge is 0.444 e. The lowest BCUT2D eigenvalue weighted by molar-refractivity contribution is -0.274. The monoisotopic (exact) mass is 457 g/mol. The van der Waals surface area contributed by atoms with Gasteiger partial charge in [0.05, 0.1) is 4.90 Å². The van der Waals surface area contributed by atoms with E-state index in [1.165, 1.54) is 10.6 Å². The lowest BCUT2D eigenvalue weighted by atomic mass is 10.1. The molecular weight excluding hydrogens is 439 g/mol. The molecule has 31 heavy (non-hydrogen) atoms. The van der Waals surface area contributed by atoms with Crippen molar-refractivity contribution in [2.24, 2.45) is 0 Å². The number of halogens is 3. The minimum absolute atomic E-state index is 0.0322. The second kappa shape index (κ2) is 8.00. The number of amides is 1. The third-order valence-electron chi connectivity index (χ3n) is 4.79. The van der Waals surface area contributed by atoms with Crippen molar-refractivity contribution in [3.05, 3.63) is 48.2 Å². The predicted molar refractivity (Wildman–Crippen MR) is 101 cm³/mol. The van der Waals surface area contributed by atoms with Gasteiger partial charge in [-0.25, -0.2) is 13.4 Å². The fraction of sp³-hybridized carbons (Fsp3) is 0.368. The molecule has 1 N–H and O–H groups in total. The lowest BCUT2D eigenvalue weighted by Gasteiger charge is -2.25. The van der Waals surface area contributed by atoms with E-state index in [4.69, 9.17) is 4.42 Å². The summed E-state index contributed by atoms with van der Waals surface area (Å²) in [5.74, 6) is -0.555. The Balaban J connectivity index is 1.42. The van der Waals surface area contributed by atoms with Crippen LogP contribution in [0.4, 0.5) is 13.2 Å². The fourth-order valence-corrected chi connectivity index (χ4v) is 4.42. The summed E-state index contributed by atoms with van der Waals surface area (Å²) in [7, 11) is -3.91. The first-order valence-corrected chi connectivity index (χ1v) is 10.9. The van der Waals surface area contributed by atoms with Crippen LogP contribution in [0.3, 0.4) is 0 Å². The van der Waals surface area contributed by atoms with E-state index in [1.807, 2.05) is 0 Å². The molecule has 12 heteroatoms. The van der Waals surface area contributed by atoms with E-state index in [0.717, 1.165) is 37.1 Å². The van der Waals surface area contributed by atoms with Crippen LogP contribution in [0.1, 0.15) is 35.6 Å². The van der Waals surface area contributed by atoms with Gasteiger partial charge in [-0.3, -0.25) is 4.79 Å². The van der Waals surface area contributed by atoms with E-state index in [0.29, 0.717) is 12.0 Å². The molecule has 1 fully saturated rings. The zero-order valence-electron chi connectivity index (χ0n) is 16.1. The zero-order chi connectivity index (χ0) is 22.2. The molecule has 166 valence electrons. The zero-order valence-corrected chi connectivity index (χ0v) is 16.9. The molecule has 1 aromatic heterocycles. The van der Waals surface area contributed by atoms with E-state index in [2.05, 4.69) is 15.0 Å². The van der Waals surface area contributed by atoms with Gasteiger partial charge < -0.3 is 14.5 Å². The van der Waals surface area contributed by atoms with Crippen molar-refractivity contribution >= 4 is 21.5 Å². The fourth-order valence-electron chi connectivity index (χ4n) is 3.04. The van der Waals surface area contributed by atoms with Crippen molar-refractivity contribution < 1.29 is 35.5 Å². The first-order valence-electron chi connectivity index (χ1n) is 9.43. The predicted octanol–water partition coefficient (Wildman–Crippen LogP) is 2.94. The molecule has 8 nitrogen and oxygen atoms in total. The van der Waals surface area contributed by atoms with Crippen LogP contribution in [0.25, 0.3) is 5.57 Å².